The van der Waals surface area contributed by atoms with Gasteiger partial charge in [-0.25, -0.2) is 4.98 Å². The van der Waals surface area contributed by atoms with Crippen molar-refractivity contribution >= 4 is 33.3 Å². The van der Waals surface area contributed by atoms with Crippen molar-refractivity contribution in [2.75, 3.05) is 12.1 Å². The lowest BCUT2D eigenvalue weighted by Crippen LogP contribution is -2.27. The molecule has 0 radical (unpaired) electrons. The highest BCUT2D eigenvalue weighted by atomic mass is 32.1. The normalized spacial score (nSPS) is 12.3. The van der Waals surface area contributed by atoms with Gasteiger partial charge in [0.1, 0.15) is 22.5 Å². The standard InChI is InChI=1S/C21H16N4O4S/c1-12-3-2-4-13(7-12)18-19-20(30-24-18)21(27)25(10-22-19)9-17(26)23-14-5-6-15-16(8-14)29-11-28-15/h2-8,10H,9,11H2,1H3,(H,23,26). The third kappa shape index (κ3) is 3.29. The van der Waals surface area contributed by atoms with Crippen molar-refractivity contribution < 1.29 is 14.3 Å². The van der Waals surface area contributed by atoms with Crippen LogP contribution in [0.25, 0.3) is 21.5 Å². The van der Waals surface area contributed by atoms with Crippen molar-refractivity contribution in [2.45, 2.75) is 13.5 Å². The van der Waals surface area contributed by atoms with E-state index in [1.807, 2.05) is 31.2 Å². The molecule has 0 spiro atoms. The van der Waals surface area contributed by atoms with E-state index in [1.165, 1.54) is 10.9 Å². The average Bonchev–Trinajstić information content (AvgIpc) is 3.37. The van der Waals surface area contributed by atoms with E-state index >= 15 is 0 Å². The number of nitrogens with one attached hydrogen (secondary N) is 1. The third-order valence-corrected chi connectivity index (χ3v) is 5.54. The fraction of sp³-hybridized carbons (Fsp3) is 0.143. The number of aromatic nitrogens is 3. The molecule has 3 heterocycles. The number of fused-ring (bicyclic) bond motifs is 2. The molecule has 5 rings (SSSR count). The first-order valence-corrected chi connectivity index (χ1v) is 9.97. The van der Waals surface area contributed by atoms with Crippen molar-refractivity contribution in [1.82, 2.24) is 13.9 Å². The minimum Gasteiger partial charge on any atom is -0.454 e. The number of rotatable bonds is 4. The summed E-state index contributed by atoms with van der Waals surface area (Å²) in [7, 11) is 0. The third-order valence-electron chi connectivity index (χ3n) is 4.71. The highest BCUT2D eigenvalue weighted by Crippen LogP contribution is 2.34. The van der Waals surface area contributed by atoms with E-state index in [0.717, 1.165) is 22.7 Å². The van der Waals surface area contributed by atoms with Crippen LogP contribution in [0.5, 0.6) is 11.5 Å². The topological polar surface area (TPSA) is 95.3 Å². The molecule has 2 aromatic heterocycles. The summed E-state index contributed by atoms with van der Waals surface area (Å²) in [6.07, 6.45) is 1.39. The van der Waals surface area contributed by atoms with Gasteiger partial charge in [-0.15, -0.1) is 0 Å². The summed E-state index contributed by atoms with van der Waals surface area (Å²) in [5.74, 6) is 0.857. The Hall–Kier alpha value is -3.72. The van der Waals surface area contributed by atoms with E-state index in [1.54, 1.807) is 18.2 Å². The summed E-state index contributed by atoms with van der Waals surface area (Å²) in [4.78, 5) is 29.7. The number of anilines is 1. The van der Waals surface area contributed by atoms with Gasteiger partial charge in [-0.3, -0.25) is 14.2 Å². The average molecular weight is 420 g/mol. The maximum Gasteiger partial charge on any atom is 0.273 e. The maximum atomic E-state index is 12.9. The second-order valence-corrected chi connectivity index (χ2v) is 7.65. The first-order chi connectivity index (χ1) is 14.6. The van der Waals surface area contributed by atoms with E-state index in [0.29, 0.717) is 33.1 Å². The van der Waals surface area contributed by atoms with E-state index in [4.69, 9.17) is 9.47 Å². The number of nitrogens with zero attached hydrogens (tertiary/aromatic N) is 3. The van der Waals surface area contributed by atoms with Crippen LogP contribution in [0, 0.1) is 6.92 Å². The van der Waals surface area contributed by atoms with Gasteiger partial charge in [0.2, 0.25) is 12.7 Å². The molecule has 0 fully saturated rings. The Kier molecular flexibility index (Phi) is 4.44. The van der Waals surface area contributed by atoms with Gasteiger partial charge in [0.05, 0.1) is 6.33 Å². The second-order valence-electron chi connectivity index (χ2n) is 6.87. The Morgan fingerprint density at radius 1 is 1.20 bits per heavy atom. The molecule has 8 nitrogen and oxygen atoms in total. The molecule has 1 aliphatic heterocycles. The lowest BCUT2D eigenvalue weighted by molar-refractivity contribution is -0.116. The molecule has 0 aliphatic carbocycles. The molecule has 1 aliphatic rings. The predicted molar refractivity (Wildman–Crippen MR) is 113 cm³/mol. The Balaban J connectivity index is 1.39. The van der Waals surface area contributed by atoms with Crippen LogP contribution in [0.3, 0.4) is 0 Å². The molecule has 2 aromatic carbocycles. The molecular weight excluding hydrogens is 404 g/mol. The van der Waals surface area contributed by atoms with Gasteiger partial charge in [0.25, 0.3) is 5.56 Å². The zero-order valence-corrected chi connectivity index (χ0v) is 16.7. The number of benzene rings is 2. The predicted octanol–water partition coefficient (Wildman–Crippen LogP) is 3.20. The number of hydrogen-bond donors (Lipinski definition) is 1. The van der Waals surface area contributed by atoms with Gasteiger partial charge in [0, 0.05) is 17.3 Å². The summed E-state index contributed by atoms with van der Waals surface area (Å²) >= 11 is 1.09. The summed E-state index contributed by atoms with van der Waals surface area (Å²) in [5.41, 5.74) is 3.49. The van der Waals surface area contributed by atoms with Crippen LogP contribution >= 0.6 is 11.5 Å². The molecule has 0 saturated carbocycles. The van der Waals surface area contributed by atoms with E-state index < -0.39 is 0 Å². The number of ether oxygens (including phenoxy) is 2. The minimum atomic E-state index is -0.347. The fourth-order valence-corrected chi connectivity index (χ4v) is 4.09. The molecule has 1 N–H and O–H groups in total. The lowest BCUT2D eigenvalue weighted by Gasteiger charge is -2.08. The van der Waals surface area contributed by atoms with Gasteiger partial charge < -0.3 is 14.8 Å². The molecule has 150 valence electrons. The summed E-state index contributed by atoms with van der Waals surface area (Å²) in [6, 6.07) is 13.0. The van der Waals surface area contributed by atoms with Gasteiger partial charge in [-0.1, -0.05) is 23.8 Å². The van der Waals surface area contributed by atoms with E-state index in [9.17, 15) is 9.59 Å². The van der Waals surface area contributed by atoms with E-state index in [-0.39, 0.29) is 24.8 Å². The highest BCUT2D eigenvalue weighted by Gasteiger charge is 2.17. The lowest BCUT2D eigenvalue weighted by atomic mass is 10.1. The molecule has 0 saturated heterocycles. The zero-order valence-electron chi connectivity index (χ0n) is 15.9. The summed E-state index contributed by atoms with van der Waals surface area (Å²) in [5, 5.41) is 2.76. The number of amides is 1. The Labute approximate surface area is 174 Å². The molecule has 0 bridgehead atoms. The maximum absolute atomic E-state index is 12.9. The van der Waals surface area contributed by atoms with Crippen LogP contribution < -0.4 is 20.3 Å². The van der Waals surface area contributed by atoms with Crippen molar-refractivity contribution in [2.24, 2.45) is 0 Å². The highest BCUT2D eigenvalue weighted by molar-refractivity contribution is 7.13. The molecule has 0 atom stereocenters. The Morgan fingerprint density at radius 3 is 2.93 bits per heavy atom. The van der Waals surface area contributed by atoms with Gasteiger partial charge in [-0.05, 0) is 36.7 Å². The number of carbonyl (C=O) groups excluding carboxylic acids is 1. The van der Waals surface area contributed by atoms with Gasteiger partial charge >= 0.3 is 0 Å². The SMILES string of the molecule is Cc1cccc(-c2nsc3c(=O)n(CC(=O)Nc4ccc5c(c4)OCO5)cnc23)c1. The number of aryl methyl sites for hydroxylation is 1. The first kappa shape index (κ1) is 18.3. The van der Waals surface area contributed by atoms with Crippen molar-refractivity contribution in [3.05, 3.63) is 64.7 Å². The largest absolute Gasteiger partial charge is 0.454 e. The molecule has 1 amide bonds. The smallest absolute Gasteiger partial charge is 0.273 e. The number of hydrogen-bond acceptors (Lipinski definition) is 7. The van der Waals surface area contributed by atoms with Crippen LogP contribution in [0.1, 0.15) is 5.56 Å². The quantitative estimate of drug-likeness (QED) is 0.545. The minimum absolute atomic E-state index is 0.159. The second kappa shape index (κ2) is 7.27. The van der Waals surface area contributed by atoms with Crippen LogP contribution in [-0.2, 0) is 11.3 Å². The van der Waals surface area contributed by atoms with E-state index in [2.05, 4.69) is 14.7 Å². The monoisotopic (exact) mass is 420 g/mol. The fourth-order valence-electron chi connectivity index (χ4n) is 3.28. The van der Waals surface area contributed by atoms with Gasteiger partial charge in [0.15, 0.2) is 11.5 Å². The molecular formula is C21H16N4O4S. The van der Waals surface area contributed by atoms with Gasteiger partial charge in [-0.2, -0.15) is 4.37 Å². The summed E-state index contributed by atoms with van der Waals surface area (Å²) < 4.78 is 16.7. The van der Waals surface area contributed by atoms with Crippen molar-refractivity contribution in [3.63, 3.8) is 0 Å². The molecule has 9 heteroatoms. The van der Waals surface area contributed by atoms with Crippen molar-refractivity contribution in [1.29, 1.82) is 0 Å². The summed E-state index contributed by atoms with van der Waals surface area (Å²) in [6.45, 7) is 2.00. The first-order valence-electron chi connectivity index (χ1n) is 9.20. The van der Waals surface area contributed by atoms with Crippen LogP contribution in [0.15, 0.2) is 53.6 Å². The Bertz CT molecular complexity index is 1340. The van der Waals surface area contributed by atoms with Crippen LogP contribution in [-0.4, -0.2) is 26.6 Å². The van der Waals surface area contributed by atoms with Crippen LogP contribution in [0.2, 0.25) is 0 Å². The van der Waals surface area contributed by atoms with Crippen LogP contribution in [0.4, 0.5) is 5.69 Å². The molecule has 4 aromatic rings. The number of carbonyl (C=O) groups is 1. The zero-order chi connectivity index (χ0) is 20.7. The Morgan fingerprint density at radius 2 is 2.07 bits per heavy atom. The molecule has 0 unspecified atom stereocenters. The van der Waals surface area contributed by atoms with Crippen molar-refractivity contribution in [3.8, 4) is 22.8 Å². The molecule has 30 heavy (non-hydrogen) atoms.